The van der Waals surface area contributed by atoms with Gasteiger partial charge in [0.15, 0.2) is 0 Å². The van der Waals surface area contributed by atoms with Crippen LogP contribution in [0, 0.1) is 0 Å². The van der Waals surface area contributed by atoms with Crippen LogP contribution in [0.5, 0.6) is 5.75 Å². The number of aromatic amines is 1. The van der Waals surface area contributed by atoms with Crippen molar-refractivity contribution < 1.29 is 5.11 Å². The zero-order valence-electron chi connectivity index (χ0n) is 14.0. The molecule has 2 N–H and O–H groups in total. The lowest BCUT2D eigenvalue weighted by atomic mass is 9.89. The smallest absolute Gasteiger partial charge is 0.258 e. The van der Waals surface area contributed by atoms with Gasteiger partial charge in [-0.25, -0.2) is 4.98 Å². The molecule has 0 spiro atoms. The number of piperidine rings is 1. The number of phenolic OH excluding ortho intramolecular Hbond substituents is 1. The van der Waals surface area contributed by atoms with Crippen LogP contribution in [0.4, 0.5) is 0 Å². The first-order chi connectivity index (χ1) is 12.2. The van der Waals surface area contributed by atoms with Gasteiger partial charge in [-0.1, -0.05) is 24.3 Å². The molecule has 0 saturated carbocycles. The van der Waals surface area contributed by atoms with Gasteiger partial charge in [-0.05, 0) is 61.7 Å². The van der Waals surface area contributed by atoms with Crippen LogP contribution in [0.1, 0.15) is 30.1 Å². The minimum Gasteiger partial charge on any atom is -0.508 e. The number of hydrogen-bond donors (Lipinski definition) is 2. The molecule has 1 aliphatic heterocycles. The van der Waals surface area contributed by atoms with Crippen LogP contribution >= 0.6 is 0 Å². The Labute approximate surface area is 146 Å². The molecule has 2 heterocycles. The number of rotatable bonds is 3. The topological polar surface area (TPSA) is 69.2 Å². The summed E-state index contributed by atoms with van der Waals surface area (Å²) < 4.78 is 0. The molecule has 2 aromatic carbocycles. The van der Waals surface area contributed by atoms with E-state index in [-0.39, 0.29) is 5.56 Å². The Morgan fingerprint density at radius 2 is 1.80 bits per heavy atom. The predicted octanol–water partition coefficient (Wildman–Crippen LogP) is 3.01. The number of nitrogens with zero attached hydrogens (tertiary/aromatic N) is 2. The Balaban J connectivity index is 1.43. The minimum absolute atomic E-state index is 0.0698. The molecule has 1 aliphatic rings. The molecule has 1 fully saturated rings. The van der Waals surface area contributed by atoms with Crippen molar-refractivity contribution in [2.45, 2.75) is 25.3 Å². The van der Waals surface area contributed by atoms with Crippen molar-refractivity contribution in [3.63, 3.8) is 0 Å². The highest BCUT2D eigenvalue weighted by atomic mass is 16.3. The van der Waals surface area contributed by atoms with Gasteiger partial charge in [0.25, 0.3) is 5.56 Å². The third kappa shape index (κ3) is 3.42. The summed E-state index contributed by atoms with van der Waals surface area (Å²) in [4.78, 5) is 22.0. The number of benzene rings is 2. The van der Waals surface area contributed by atoms with Crippen LogP contribution in [-0.2, 0) is 6.54 Å². The van der Waals surface area contributed by atoms with E-state index in [4.69, 9.17) is 0 Å². The first kappa shape index (κ1) is 15.8. The van der Waals surface area contributed by atoms with Gasteiger partial charge in [0, 0.05) is 0 Å². The molecular formula is C20H21N3O2. The number of phenols is 1. The molecule has 0 bridgehead atoms. The standard InChI is InChI=1S/C20H21N3O2/c24-16-7-5-14(6-8-16)15-9-11-23(12-10-15)13-19-21-18-4-2-1-3-17(18)20(25)22-19/h1-8,15,24H,9-13H2,(H,21,22,25). The molecule has 5 heteroatoms. The van der Waals surface area contributed by atoms with Gasteiger partial charge in [0.05, 0.1) is 17.4 Å². The van der Waals surface area contributed by atoms with Gasteiger partial charge in [-0.2, -0.15) is 0 Å². The minimum atomic E-state index is -0.0698. The fraction of sp³-hybridized carbons (Fsp3) is 0.300. The third-order valence-corrected chi connectivity index (χ3v) is 4.99. The molecule has 1 saturated heterocycles. The molecule has 25 heavy (non-hydrogen) atoms. The van der Waals surface area contributed by atoms with Crippen LogP contribution in [0.25, 0.3) is 10.9 Å². The molecule has 0 amide bonds. The average Bonchev–Trinajstić information content (AvgIpc) is 2.63. The monoisotopic (exact) mass is 335 g/mol. The summed E-state index contributed by atoms with van der Waals surface area (Å²) in [5.41, 5.74) is 1.97. The van der Waals surface area contributed by atoms with Crippen LogP contribution in [0.3, 0.4) is 0 Å². The van der Waals surface area contributed by atoms with E-state index in [1.165, 1.54) is 5.56 Å². The Bertz CT molecular complexity index is 926. The van der Waals surface area contributed by atoms with Crippen molar-refractivity contribution in [1.29, 1.82) is 0 Å². The van der Waals surface area contributed by atoms with Crippen molar-refractivity contribution in [2.24, 2.45) is 0 Å². The number of fused-ring (bicyclic) bond motifs is 1. The Morgan fingerprint density at radius 3 is 2.56 bits per heavy atom. The highest BCUT2D eigenvalue weighted by molar-refractivity contribution is 5.77. The van der Waals surface area contributed by atoms with E-state index in [1.54, 1.807) is 18.2 Å². The Hall–Kier alpha value is -2.66. The molecule has 5 nitrogen and oxygen atoms in total. The lowest BCUT2D eigenvalue weighted by Gasteiger charge is -2.31. The van der Waals surface area contributed by atoms with Crippen molar-refractivity contribution in [3.8, 4) is 5.75 Å². The van der Waals surface area contributed by atoms with Crippen LogP contribution in [0.15, 0.2) is 53.3 Å². The molecule has 1 aromatic heterocycles. The van der Waals surface area contributed by atoms with E-state index in [1.807, 2.05) is 30.3 Å². The lowest BCUT2D eigenvalue weighted by Crippen LogP contribution is -2.33. The fourth-order valence-electron chi connectivity index (χ4n) is 3.59. The molecule has 0 radical (unpaired) electrons. The fourth-order valence-corrected chi connectivity index (χ4v) is 3.59. The maximum Gasteiger partial charge on any atom is 0.258 e. The van der Waals surface area contributed by atoms with Gasteiger partial charge in [-0.3, -0.25) is 9.69 Å². The summed E-state index contributed by atoms with van der Waals surface area (Å²) >= 11 is 0. The van der Waals surface area contributed by atoms with Crippen LogP contribution in [-0.4, -0.2) is 33.1 Å². The van der Waals surface area contributed by atoms with Gasteiger partial charge < -0.3 is 10.1 Å². The number of H-pyrrole nitrogens is 1. The molecule has 0 atom stereocenters. The third-order valence-electron chi connectivity index (χ3n) is 4.99. The van der Waals surface area contributed by atoms with Gasteiger partial charge in [0.1, 0.15) is 11.6 Å². The van der Waals surface area contributed by atoms with E-state index in [9.17, 15) is 9.90 Å². The molecule has 0 unspecified atom stereocenters. The van der Waals surface area contributed by atoms with Crippen LogP contribution < -0.4 is 5.56 Å². The maximum absolute atomic E-state index is 12.2. The first-order valence-electron chi connectivity index (χ1n) is 8.68. The first-order valence-corrected chi connectivity index (χ1v) is 8.68. The van der Waals surface area contributed by atoms with Crippen LogP contribution in [0.2, 0.25) is 0 Å². The summed E-state index contributed by atoms with van der Waals surface area (Å²) in [7, 11) is 0. The SMILES string of the molecule is O=c1[nH]c(CN2CCC(c3ccc(O)cc3)CC2)nc2ccccc12. The van der Waals surface area contributed by atoms with E-state index < -0.39 is 0 Å². The normalized spacial score (nSPS) is 16.3. The number of para-hydroxylation sites is 1. The van der Waals surface area contributed by atoms with Crippen molar-refractivity contribution in [3.05, 3.63) is 70.3 Å². The molecule has 128 valence electrons. The van der Waals surface area contributed by atoms with Gasteiger partial charge in [0.2, 0.25) is 0 Å². The molecule has 4 rings (SSSR count). The maximum atomic E-state index is 12.2. The number of nitrogens with one attached hydrogen (secondary N) is 1. The van der Waals surface area contributed by atoms with E-state index in [2.05, 4.69) is 14.9 Å². The van der Waals surface area contributed by atoms with Gasteiger partial charge >= 0.3 is 0 Å². The Morgan fingerprint density at radius 1 is 1.08 bits per heavy atom. The summed E-state index contributed by atoms with van der Waals surface area (Å²) in [6, 6.07) is 15.0. The number of hydrogen-bond acceptors (Lipinski definition) is 4. The zero-order chi connectivity index (χ0) is 17.2. The second-order valence-electron chi connectivity index (χ2n) is 6.67. The molecular weight excluding hydrogens is 314 g/mol. The van der Waals surface area contributed by atoms with Crippen molar-refractivity contribution >= 4 is 10.9 Å². The lowest BCUT2D eigenvalue weighted by molar-refractivity contribution is 0.200. The van der Waals surface area contributed by atoms with Crippen molar-refractivity contribution in [1.82, 2.24) is 14.9 Å². The highest BCUT2D eigenvalue weighted by Gasteiger charge is 2.21. The number of likely N-dealkylation sites (tertiary alicyclic amines) is 1. The van der Waals surface area contributed by atoms with E-state index in [0.717, 1.165) is 37.3 Å². The highest BCUT2D eigenvalue weighted by Crippen LogP contribution is 2.29. The largest absolute Gasteiger partial charge is 0.508 e. The number of aromatic nitrogens is 2. The Kier molecular flexibility index (Phi) is 4.24. The summed E-state index contributed by atoms with van der Waals surface area (Å²) in [6.45, 7) is 2.62. The predicted molar refractivity (Wildman–Crippen MR) is 97.7 cm³/mol. The summed E-state index contributed by atoms with van der Waals surface area (Å²) in [5.74, 6) is 1.57. The quantitative estimate of drug-likeness (QED) is 0.772. The van der Waals surface area contributed by atoms with Crippen molar-refractivity contribution in [2.75, 3.05) is 13.1 Å². The summed E-state index contributed by atoms with van der Waals surface area (Å²) in [5, 5.41) is 10.1. The van der Waals surface area contributed by atoms with E-state index in [0.29, 0.717) is 23.6 Å². The molecule has 3 aromatic rings. The molecule has 0 aliphatic carbocycles. The second kappa shape index (κ2) is 6.69. The number of aromatic hydroxyl groups is 1. The van der Waals surface area contributed by atoms with E-state index >= 15 is 0 Å². The zero-order valence-corrected chi connectivity index (χ0v) is 14.0. The second-order valence-corrected chi connectivity index (χ2v) is 6.67. The average molecular weight is 335 g/mol. The summed E-state index contributed by atoms with van der Waals surface area (Å²) in [6.07, 6.45) is 2.14. The van der Waals surface area contributed by atoms with Gasteiger partial charge in [-0.15, -0.1) is 0 Å².